The van der Waals surface area contributed by atoms with Gasteiger partial charge in [0.2, 0.25) is 10.0 Å². The molecule has 2 aliphatic rings. The van der Waals surface area contributed by atoms with Gasteiger partial charge in [-0.2, -0.15) is 0 Å². The molecule has 1 aromatic rings. The van der Waals surface area contributed by atoms with E-state index in [1.165, 1.54) is 12.1 Å². The van der Waals surface area contributed by atoms with E-state index in [0.717, 1.165) is 25.9 Å². The molecule has 1 fully saturated rings. The summed E-state index contributed by atoms with van der Waals surface area (Å²) in [6.07, 6.45) is 2.65. The number of nitrogens with zero attached hydrogens (tertiary/aromatic N) is 1. The first-order valence-corrected chi connectivity index (χ1v) is 10.2. The molecule has 138 valence electrons. The number of rotatable bonds is 5. The zero-order chi connectivity index (χ0) is 18.2. The van der Waals surface area contributed by atoms with Gasteiger partial charge in [0.25, 0.3) is 5.91 Å². The lowest BCUT2D eigenvalue weighted by atomic mass is 10.1. The Morgan fingerprint density at radius 3 is 2.88 bits per heavy atom. The third-order valence-corrected chi connectivity index (χ3v) is 5.84. The molecule has 0 radical (unpaired) electrons. The van der Waals surface area contributed by atoms with Gasteiger partial charge in [-0.05, 0) is 50.6 Å². The smallest absolute Gasteiger partial charge is 0.255 e. The van der Waals surface area contributed by atoms with E-state index in [2.05, 4.69) is 17.1 Å². The fourth-order valence-electron chi connectivity index (χ4n) is 3.68. The van der Waals surface area contributed by atoms with Crippen molar-refractivity contribution in [2.24, 2.45) is 5.14 Å². The van der Waals surface area contributed by atoms with Gasteiger partial charge in [0.15, 0.2) is 0 Å². The first-order valence-electron chi connectivity index (χ1n) is 8.68. The molecule has 3 N–H and O–H groups in total. The Morgan fingerprint density at radius 2 is 2.20 bits per heavy atom. The van der Waals surface area contributed by atoms with E-state index in [1.54, 1.807) is 0 Å². The highest BCUT2D eigenvalue weighted by Crippen LogP contribution is 2.35. The predicted octanol–water partition coefficient (Wildman–Crippen LogP) is 0.872. The molecular weight excluding hydrogens is 342 g/mol. The summed E-state index contributed by atoms with van der Waals surface area (Å²) in [6.45, 7) is 6.54. The standard InChI is InChI=1S/C17H25N3O4S/c1-3-20-6-4-5-13(20)10-19-17(21)15-9-14(25(18,22)23)8-12-7-11(2)24-16(12)15/h8-9,11,13H,3-7,10H2,1-2H3,(H,19,21)(H2,18,22,23)/t11-,13-/m1/s1. The van der Waals surface area contributed by atoms with Crippen LogP contribution < -0.4 is 15.2 Å². The van der Waals surface area contributed by atoms with Crippen molar-refractivity contribution in [3.63, 3.8) is 0 Å². The SMILES string of the molecule is CCN1CCC[C@@H]1CNC(=O)c1cc(S(N)(=O)=O)cc2c1O[C@H](C)C2. The quantitative estimate of drug-likeness (QED) is 0.804. The first kappa shape index (κ1) is 18.2. The minimum absolute atomic E-state index is 0.0508. The molecule has 2 atom stereocenters. The summed E-state index contributed by atoms with van der Waals surface area (Å²) in [5, 5.41) is 8.19. The first-order chi connectivity index (χ1) is 11.8. The van der Waals surface area contributed by atoms with Crippen molar-refractivity contribution in [2.45, 2.75) is 50.2 Å². The summed E-state index contributed by atoms with van der Waals surface area (Å²) in [7, 11) is -3.89. The van der Waals surface area contributed by atoms with E-state index >= 15 is 0 Å². The summed E-state index contributed by atoms with van der Waals surface area (Å²) in [5.74, 6) is 0.148. The van der Waals surface area contributed by atoms with Crippen molar-refractivity contribution in [1.82, 2.24) is 10.2 Å². The average molecular weight is 367 g/mol. The molecule has 2 aliphatic heterocycles. The van der Waals surface area contributed by atoms with Gasteiger partial charge in [0.1, 0.15) is 11.9 Å². The Labute approximate surface area is 148 Å². The molecule has 0 aliphatic carbocycles. The summed E-state index contributed by atoms with van der Waals surface area (Å²) >= 11 is 0. The zero-order valence-electron chi connectivity index (χ0n) is 14.6. The van der Waals surface area contributed by atoms with Gasteiger partial charge in [-0.1, -0.05) is 6.92 Å². The number of amides is 1. The van der Waals surface area contributed by atoms with Gasteiger partial charge in [0, 0.05) is 19.0 Å². The highest BCUT2D eigenvalue weighted by Gasteiger charge is 2.29. The number of fused-ring (bicyclic) bond motifs is 1. The fraction of sp³-hybridized carbons (Fsp3) is 0.588. The zero-order valence-corrected chi connectivity index (χ0v) is 15.4. The largest absolute Gasteiger partial charge is 0.489 e. The molecule has 0 aromatic heterocycles. The maximum atomic E-state index is 12.7. The van der Waals surface area contributed by atoms with Crippen molar-refractivity contribution in [3.05, 3.63) is 23.3 Å². The van der Waals surface area contributed by atoms with Gasteiger partial charge in [-0.3, -0.25) is 9.69 Å². The van der Waals surface area contributed by atoms with E-state index in [1.807, 2.05) is 6.92 Å². The number of carbonyl (C=O) groups excluding carboxylic acids is 1. The monoisotopic (exact) mass is 367 g/mol. The van der Waals surface area contributed by atoms with Crippen LogP contribution in [0, 0.1) is 0 Å². The number of primary sulfonamides is 1. The van der Waals surface area contributed by atoms with Crippen LogP contribution >= 0.6 is 0 Å². The Hall–Kier alpha value is -1.64. The maximum absolute atomic E-state index is 12.7. The van der Waals surface area contributed by atoms with Crippen LogP contribution in [0.2, 0.25) is 0 Å². The summed E-state index contributed by atoms with van der Waals surface area (Å²) < 4.78 is 29.2. The number of nitrogens with two attached hydrogens (primary N) is 1. The molecule has 0 saturated carbocycles. The minimum Gasteiger partial charge on any atom is -0.489 e. The maximum Gasteiger partial charge on any atom is 0.255 e. The Bertz CT molecular complexity index is 778. The Morgan fingerprint density at radius 1 is 1.44 bits per heavy atom. The number of nitrogens with one attached hydrogen (secondary N) is 1. The molecule has 2 heterocycles. The van der Waals surface area contributed by atoms with Crippen LogP contribution in [0.15, 0.2) is 17.0 Å². The van der Waals surface area contributed by atoms with E-state index in [9.17, 15) is 13.2 Å². The highest BCUT2D eigenvalue weighted by atomic mass is 32.2. The number of benzene rings is 1. The average Bonchev–Trinajstić information content (AvgIpc) is 3.15. The van der Waals surface area contributed by atoms with Crippen molar-refractivity contribution in [2.75, 3.05) is 19.6 Å². The molecule has 8 heteroatoms. The van der Waals surface area contributed by atoms with Gasteiger partial charge in [-0.25, -0.2) is 13.6 Å². The number of likely N-dealkylation sites (N-methyl/N-ethyl adjacent to an activating group) is 1. The van der Waals surface area contributed by atoms with Gasteiger partial charge in [0.05, 0.1) is 10.5 Å². The van der Waals surface area contributed by atoms with E-state index in [4.69, 9.17) is 9.88 Å². The Kier molecular flexibility index (Phi) is 5.04. The molecule has 1 amide bonds. The normalized spacial score (nSPS) is 23.3. The van der Waals surface area contributed by atoms with E-state index < -0.39 is 10.0 Å². The van der Waals surface area contributed by atoms with E-state index in [-0.39, 0.29) is 22.5 Å². The minimum atomic E-state index is -3.89. The van der Waals surface area contributed by atoms with Crippen molar-refractivity contribution in [3.8, 4) is 5.75 Å². The van der Waals surface area contributed by atoms with Crippen LogP contribution in [-0.2, 0) is 16.4 Å². The van der Waals surface area contributed by atoms with E-state index in [0.29, 0.717) is 30.3 Å². The molecule has 7 nitrogen and oxygen atoms in total. The second-order valence-electron chi connectivity index (χ2n) is 6.77. The number of hydrogen-bond acceptors (Lipinski definition) is 5. The predicted molar refractivity (Wildman–Crippen MR) is 94.2 cm³/mol. The molecule has 25 heavy (non-hydrogen) atoms. The van der Waals surface area contributed by atoms with Crippen molar-refractivity contribution >= 4 is 15.9 Å². The molecule has 0 unspecified atom stereocenters. The number of hydrogen-bond donors (Lipinski definition) is 2. The van der Waals surface area contributed by atoms with Crippen LogP contribution in [0.3, 0.4) is 0 Å². The third-order valence-electron chi connectivity index (χ3n) is 4.94. The van der Waals surface area contributed by atoms with Crippen LogP contribution in [0.5, 0.6) is 5.75 Å². The lowest BCUT2D eigenvalue weighted by Crippen LogP contribution is -2.40. The number of carbonyl (C=O) groups is 1. The fourth-order valence-corrected chi connectivity index (χ4v) is 4.27. The number of likely N-dealkylation sites (tertiary alicyclic amines) is 1. The molecule has 3 rings (SSSR count). The van der Waals surface area contributed by atoms with Crippen LogP contribution in [-0.4, -0.2) is 51.0 Å². The van der Waals surface area contributed by atoms with Gasteiger partial charge >= 0.3 is 0 Å². The van der Waals surface area contributed by atoms with Gasteiger partial charge < -0.3 is 10.1 Å². The van der Waals surface area contributed by atoms with Crippen LogP contribution in [0.4, 0.5) is 0 Å². The number of ether oxygens (including phenoxy) is 1. The van der Waals surface area contributed by atoms with Crippen LogP contribution in [0.25, 0.3) is 0 Å². The molecular formula is C17H25N3O4S. The Balaban J connectivity index is 1.83. The lowest BCUT2D eigenvalue weighted by Gasteiger charge is -2.23. The van der Waals surface area contributed by atoms with Crippen LogP contribution in [0.1, 0.15) is 42.6 Å². The molecule has 0 bridgehead atoms. The number of sulfonamides is 1. The summed E-state index contributed by atoms with van der Waals surface area (Å²) in [4.78, 5) is 15.0. The second-order valence-corrected chi connectivity index (χ2v) is 8.33. The topological polar surface area (TPSA) is 102 Å². The highest BCUT2D eigenvalue weighted by molar-refractivity contribution is 7.89. The third kappa shape index (κ3) is 3.80. The molecule has 0 spiro atoms. The second kappa shape index (κ2) is 6.93. The van der Waals surface area contributed by atoms with Crippen molar-refractivity contribution < 1.29 is 17.9 Å². The van der Waals surface area contributed by atoms with Gasteiger partial charge in [-0.15, -0.1) is 0 Å². The summed E-state index contributed by atoms with van der Waals surface area (Å²) in [6, 6.07) is 3.14. The van der Waals surface area contributed by atoms with Crippen molar-refractivity contribution in [1.29, 1.82) is 0 Å². The molecule has 1 aromatic carbocycles. The summed E-state index contributed by atoms with van der Waals surface area (Å²) in [5.41, 5.74) is 0.951. The lowest BCUT2D eigenvalue weighted by molar-refractivity contribution is 0.0936. The molecule has 1 saturated heterocycles.